The molecular weight excluding hydrogens is 268 g/mol. The van der Waals surface area contributed by atoms with Gasteiger partial charge in [0.25, 0.3) is 5.56 Å². The van der Waals surface area contributed by atoms with E-state index in [1.165, 1.54) is 4.57 Å². The third-order valence-electron chi connectivity index (χ3n) is 3.27. The van der Waals surface area contributed by atoms with Crippen molar-refractivity contribution in [3.8, 4) is 11.3 Å². The second kappa shape index (κ2) is 4.86. The lowest BCUT2D eigenvalue weighted by atomic mass is 10.1. The van der Waals surface area contributed by atoms with Crippen LogP contribution in [0, 0.1) is 0 Å². The van der Waals surface area contributed by atoms with E-state index >= 15 is 0 Å². The van der Waals surface area contributed by atoms with Crippen molar-refractivity contribution in [1.29, 1.82) is 0 Å². The van der Waals surface area contributed by atoms with Crippen LogP contribution >= 0.6 is 0 Å². The Morgan fingerprint density at radius 1 is 1.29 bits per heavy atom. The third-order valence-corrected chi connectivity index (χ3v) is 3.27. The minimum absolute atomic E-state index is 0.0931. The molecule has 0 spiro atoms. The molecule has 3 aromatic heterocycles. The van der Waals surface area contributed by atoms with E-state index in [-0.39, 0.29) is 11.5 Å². The topological polar surface area (TPSA) is 98.7 Å². The highest BCUT2D eigenvalue weighted by Crippen LogP contribution is 2.24. The van der Waals surface area contributed by atoms with E-state index in [1.807, 2.05) is 12.1 Å². The van der Waals surface area contributed by atoms with Gasteiger partial charge in [0.2, 0.25) is 5.95 Å². The first-order chi connectivity index (χ1) is 10.1. The highest BCUT2D eigenvalue weighted by atomic mass is 16.1. The van der Waals surface area contributed by atoms with Gasteiger partial charge in [-0.2, -0.15) is 0 Å². The fourth-order valence-electron chi connectivity index (χ4n) is 2.16. The van der Waals surface area contributed by atoms with Gasteiger partial charge in [-0.25, -0.2) is 15.0 Å². The first kappa shape index (κ1) is 13.0. The number of aryl methyl sites for hydroxylation is 1. The first-order valence-corrected chi connectivity index (χ1v) is 6.36. The summed E-state index contributed by atoms with van der Waals surface area (Å²) in [6, 6.07) is 3.72. The number of rotatable bonds is 2. The number of hydrogen-bond acceptors (Lipinski definition) is 6. The zero-order chi connectivity index (χ0) is 15.0. The van der Waals surface area contributed by atoms with Crippen molar-refractivity contribution < 1.29 is 0 Å². The quantitative estimate of drug-likeness (QED) is 0.728. The summed E-state index contributed by atoms with van der Waals surface area (Å²) >= 11 is 0. The Morgan fingerprint density at radius 2 is 2.00 bits per heavy atom. The summed E-state index contributed by atoms with van der Waals surface area (Å²) in [7, 11) is 3.44. The van der Waals surface area contributed by atoms with Crippen molar-refractivity contribution in [3.05, 3.63) is 41.1 Å². The molecule has 7 heteroatoms. The molecule has 0 aromatic carbocycles. The van der Waals surface area contributed by atoms with Crippen LogP contribution in [0.25, 0.3) is 22.0 Å². The molecule has 21 heavy (non-hydrogen) atoms. The number of pyridine rings is 2. The molecule has 0 fully saturated rings. The largest absolute Gasteiger partial charge is 0.372 e. The van der Waals surface area contributed by atoms with Crippen LogP contribution in [0.1, 0.15) is 0 Å². The smallest absolute Gasteiger partial charge is 0.261 e. The zero-order valence-corrected chi connectivity index (χ0v) is 11.7. The number of nitrogens with two attached hydrogens (primary N) is 1. The van der Waals surface area contributed by atoms with Crippen LogP contribution < -0.4 is 16.6 Å². The lowest BCUT2D eigenvalue weighted by Gasteiger charge is -2.09. The van der Waals surface area contributed by atoms with Gasteiger partial charge in [0.15, 0.2) is 0 Å². The van der Waals surface area contributed by atoms with Crippen LogP contribution in [-0.4, -0.2) is 26.6 Å². The van der Waals surface area contributed by atoms with E-state index < -0.39 is 0 Å². The summed E-state index contributed by atoms with van der Waals surface area (Å²) in [5, 5.41) is 4.34. The molecule has 0 saturated carbocycles. The van der Waals surface area contributed by atoms with Gasteiger partial charge in [0.1, 0.15) is 5.82 Å². The maximum Gasteiger partial charge on any atom is 0.261 e. The summed E-state index contributed by atoms with van der Waals surface area (Å²) in [5.74, 6) is 0.739. The molecule has 106 valence electrons. The minimum Gasteiger partial charge on any atom is -0.372 e. The van der Waals surface area contributed by atoms with E-state index in [4.69, 9.17) is 5.73 Å². The second-order valence-corrected chi connectivity index (χ2v) is 4.63. The molecule has 0 saturated heterocycles. The molecule has 0 radical (unpaired) electrons. The maximum absolute atomic E-state index is 12.2. The molecule has 3 N–H and O–H groups in total. The number of hydrogen-bond donors (Lipinski definition) is 2. The van der Waals surface area contributed by atoms with Gasteiger partial charge in [0.05, 0.1) is 11.1 Å². The molecule has 0 aliphatic carbocycles. The predicted octanol–water partition coefficient (Wildman–Crippen LogP) is 1.01. The van der Waals surface area contributed by atoms with Crippen molar-refractivity contribution in [2.75, 3.05) is 18.1 Å². The Hall–Kier alpha value is -2.96. The van der Waals surface area contributed by atoms with Crippen molar-refractivity contribution in [2.45, 2.75) is 0 Å². The molecule has 7 nitrogen and oxygen atoms in total. The van der Waals surface area contributed by atoms with E-state index in [1.54, 1.807) is 32.7 Å². The average Bonchev–Trinajstić information content (AvgIpc) is 2.50. The lowest BCUT2D eigenvalue weighted by molar-refractivity contribution is 0.872. The van der Waals surface area contributed by atoms with Crippen LogP contribution in [0.3, 0.4) is 0 Å². The van der Waals surface area contributed by atoms with Crippen molar-refractivity contribution in [3.63, 3.8) is 0 Å². The van der Waals surface area contributed by atoms with E-state index in [9.17, 15) is 4.79 Å². The zero-order valence-electron chi connectivity index (χ0n) is 11.7. The summed E-state index contributed by atoms with van der Waals surface area (Å²) in [4.78, 5) is 24.6. The Labute approximate surface area is 120 Å². The molecule has 0 atom stereocenters. The predicted molar refractivity (Wildman–Crippen MR) is 82.0 cm³/mol. The lowest BCUT2D eigenvalue weighted by Crippen LogP contribution is -2.17. The van der Waals surface area contributed by atoms with Crippen LogP contribution in [-0.2, 0) is 7.05 Å². The molecule has 3 heterocycles. The van der Waals surface area contributed by atoms with Gasteiger partial charge in [-0.15, -0.1) is 0 Å². The Kier molecular flexibility index (Phi) is 3.02. The molecule has 0 aliphatic heterocycles. The Morgan fingerprint density at radius 3 is 2.67 bits per heavy atom. The van der Waals surface area contributed by atoms with Crippen LogP contribution in [0.2, 0.25) is 0 Å². The van der Waals surface area contributed by atoms with Crippen molar-refractivity contribution in [2.24, 2.45) is 7.05 Å². The van der Waals surface area contributed by atoms with Gasteiger partial charge in [0, 0.05) is 38.2 Å². The Bertz CT molecular complexity index is 869. The molecular formula is C14H14N6O. The number of fused-ring (bicyclic) bond motifs is 1. The molecule has 3 rings (SSSR count). The first-order valence-electron chi connectivity index (χ1n) is 6.36. The fourth-order valence-corrected chi connectivity index (χ4v) is 2.16. The van der Waals surface area contributed by atoms with E-state index in [2.05, 4.69) is 20.3 Å². The summed E-state index contributed by atoms with van der Waals surface area (Å²) in [6.07, 6.45) is 4.95. The number of aromatic nitrogens is 4. The monoisotopic (exact) mass is 282 g/mol. The summed E-state index contributed by atoms with van der Waals surface area (Å²) in [6.45, 7) is 0. The maximum atomic E-state index is 12.2. The van der Waals surface area contributed by atoms with Gasteiger partial charge in [-0.1, -0.05) is 0 Å². The van der Waals surface area contributed by atoms with Gasteiger partial charge in [-0.3, -0.25) is 4.79 Å². The molecule has 0 unspecified atom stereocenters. The molecule has 0 amide bonds. The standard InChI is InChI=1S/C14H14N6O/c1-16-12-11-8(3-4-20(2)13(11)21)5-10(19-12)9-6-17-14(15)18-7-9/h3-7H,1-2H3,(H,16,19)(H2,15,17,18). The van der Waals surface area contributed by atoms with Gasteiger partial charge < -0.3 is 15.6 Å². The average molecular weight is 282 g/mol. The molecule has 0 bridgehead atoms. The number of nitrogens with zero attached hydrogens (tertiary/aromatic N) is 4. The highest BCUT2D eigenvalue weighted by molar-refractivity contribution is 5.93. The molecule has 3 aromatic rings. The number of nitrogen functional groups attached to an aromatic ring is 1. The van der Waals surface area contributed by atoms with Crippen LogP contribution in [0.4, 0.5) is 11.8 Å². The van der Waals surface area contributed by atoms with Gasteiger partial charge >= 0.3 is 0 Å². The van der Waals surface area contributed by atoms with E-state index in [0.717, 1.165) is 10.9 Å². The highest BCUT2D eigenvalue weighted by Gasteiger charge is 2.11. The van der Waals surface area contributed by atoms with Gasteiger partial charge in [-0.05, 0) is 17.5 Å². The van der Waals surface area contributed by atoms with Crippen molar-refractivity contribution in [1.82, 2.24) is 19.5 Å². The molecule has 0 aliphatic rings. The summed E-state index contributed by atoms with van der Waals surface area (Å²) in [5.41, 5.74) is 6.82. The van der Waals surface area contributed by atoms with Crippen LogP contribution in [0.5, 0.6) is 0 Å². The normalized spacial score (nSPS) is 10.8. The number of nitrogens with one attached hydrogen (secondary N) is 1. The Balaban J connectivity index is 2.30. The SMILES string of the molecule is CNc1nc(-c2cnc(N)nc2)cc2ccn(C)c(=O)c12. The fraction of sp³-hybridized carbons (Fsp3) is 0.143. The third kappa shape index (κ3) is 2.18. The summed E-state index contributed by atoms with van der Waals surface area (Å²) < 4.78 is 1.52. The van der Waals surface area contributed by atoms with Crippen LogP contribution in [0.15, 0.2) is 35.5 Å². The second-order valence-electron chi connectivity index (χ2n) is 4.63. The minimum atomic E-state index is -0.0931. The van der Waals surface area contributed by atoms with E-state index in [0.29, 0.717) is 16.9 Å². The van der Waals surface area contributed by atoms with Crippen molar-refractivity contribution >= 4 is 22.5 Å². The number of anilines is 2.